The Labute approximate surface area is 124 Å². The number of nitrogens with zero attached hydrogens (tertiary/aromatic N) is 4. The van der Waals surface area contributed by atoms with Crippen LogP contribution < -0.4 is 5.32 Å². The summed E-state index contributed by atoms with van der Waals surface area (Å²) in [5, 5.41) is 17.6. The normalized spacial score (nSPS) is 10.7. The molecule has 0 unspecified atom stereocenters. The minimum Gasteiger partial charge on any atom is -0.307 e. The average molecular weight is 310 g/mol. The first-order valence-corrected chi connectivity index (χ1v) is 6.42. The summed E-state index contributed by atoms with van der Waals surface area (Å²) in [5.74, 6) is -0.203. The fourth-order valence-corrected chi connectivity index (χ4v) is 1.92. The third-order valence-electron chi connectivity index (χ3n) is 2.69. The predicted molar refractivity (Wildman–Crippen MR) is 76.5 cm³/mol. The van der Waals surface area contributed by atoms with Gasteiger partial charge in [-0.2, -0.15) is 5.10 Å². The molecule has 2 aromatic rings. The van der Waals surface area contributed by atoms with Gasteiger partial charge < -0.3 is 5.32 Å². The smallest absolute Gasteiger partial charge is 0.300 e. The molecule has 0 saturated carbocycles. The van der Waals surface area contributed by atoms with E-state index in [0.717, 1.165) is 12.3 Å². The average Bonchev–Trinajstić information content (AvgIpc) is 2.86. The van der Waals surface area contributed by atoms with Crippen LogP contribution in [0.15, 0.2) is 24.5 Å². The van der Waals surface area contributed by atoms with Crippen molar-refractivity contribution in [3.05, 3.63) is 45.4 Å². The van der Waals surface area contributed by atoms with E-state index in [2.05, 4.69) is 15.4 Å². The number of pyridine rings is 1. The lowest BCUT2D eigenvalue weighted by molar-refractivity contribution is -0.385. The molecule has 0 aliphatic heterocycles. The number of anilines is 1. The summed E-state index contributed by atoms with van der Waals surface area (Å²) in [4.78, 5) is 26.1. The number of nitrogens with one attached hydrogen (secondary N) is 1. The Kier molecular flexibility index (Phi) is 4.18. The maximum atomic E-state index is 12.2. The first-order valence-electron chi connectivity index (χ1n) is 6.05. The van der Waals surface area contributed by atoms with Crippen LogP contribution in [0.2, 0.25) is 5.15 Å². The molecule has 110 valence electrons. The van der Waals surface area contributed by atoms with Crippen LogP contribution in [0.5, 0.6) is 0 Å². The van der Waals surface area contributed by atoms with Crippen LogP contribution >= 0.6 is 11.6 Å². The molecular weight excluding hydrogens is 298 g/mol. The van der Waals surface area contributed by atoms with Crippen LogP contribution in [0.25, 0.3) is 0 Å². The number of rotatable bonds is 4. The van der Waals surface area contributed by atoms with E-state index in [-0.39, 0.29) is 16.8 Å². The van der Waals surface area contributed by atoms with Gasteiger partial charge in [-0.25, -0.2) is 9.67 Å². The summed E-state index contributed by atoms with van der Waals surface area (Å²) >= 11 is 5.70. The van der Waals surface area contributed by atoms with Crippen molar-refractivity contribution < 1.29 is 9.72 Å². The molecule has 2 heterocycles. The molecule has 1 N–H and O–H groups in total. The van der Waals surface area contributed by atoms with Crippen LogP contribution in [0.4, 0.5) is 11.5 Å². The second kappa shape index (κ2) is 5.88. The molecule has 0 spiro atoms. The molecule has 0 aliphatic carbocycles. The van der Waals surface area contributed by atoms with Crippen LogP contribution in [-0.2, 0) is 0 Å². The van der Waals surface area contributed by atoms with Gasteiger partial charge in [-0.3, -0.25) is 14.9 Å². The Hall–Kier alpha value is -2.48. The minimum absolute atomic E-state index is 0.00289. The van der Waals surface area contributed by atoms with E-state index in [1.807, 2.05) is 13.8 Å². The quantitative estimate of drug-likeness (QED) is 0.531. The fourth-order valence-electron chi connectivity index (χ4n) is 1.76. The zero-order valence-electron chi connectivity index (χ0n) is 11.3. The Morgan fingerprint density at radius 1 is 1.52 bits per heavy atom. The molecule has 1 amide bonds. The van der Waals surface area contributed by atoms with E-state index >= 15 is 0 Å². The molecule has 0 aromatic carbocycles. The Bertz CT molecular complexity index is 698. The van der Waals surface area contributed by atoms with Crippen molar-refractivity contribution in [2.75, 3.05) is 5.32 Å². The van der Waals surface area contributed by atoms with Crippen molar-refractivity contribution in [2.24, 2.45) is 0 Å². The molecule has 0 saturated heterocycles. The molecule has 8 nitrogen and oxygen atoms in total. The van der Waals surface area contributed by atoms with Crippen LogP contribution in [0, 0.1) is 10.1 Å². The van der Waals surface area contributed by atoms with Gasteiger partial charge >= 0.3 is 0 Å². The fraction of sp³-hybridized carbons (Fsp3) is 0.250. The molecule has 2 rings (SSSR count). The lowest BCUT2D eigenvalue weighted by Crippen LogP contribution is -2.18. The predicted octanol–water partition coefficient (Wildman–Crippen LogP) is 2.67. The summed E-state index contributed by atoms with van der Waals surface area (Å²) in [6.07, 6.45) is 2.49. The minimum atomic E-state index is -0.683. The monoisotopic (exact) mass is 309 g/mol. The van der Waals surface area contributed by atoms with Gasteiger partial charge in [-0.05, 0) is 19.9 Å². The van der Waals surface area contributed by atoms with Gasteiger partial charge in [-0.15, -0.1) is 0 Å². The molecular formula is C12H12ClN5O3. The van der Waals surface area contributed by atoms with Crippen molar-refractivity contribution in [3.63, 3.8) is 0 Å². The number of carbonyl (C=O) groups is 1. The van der Waals surface area contributed by atoms with Crippen LogP contribution in [-0.4, -0.2) is 25.6 Å². The number of halogens is 1. The number of nitro groups is 1. The summed E-state index contributed by atoms with van der Waals surface area (Å²) in [5.41, 5.74) is -0.566. The standard InChI is InChI=1S/C12H12ClN5O3/c1-7(2)17-11(3-4-15-17)16-12(19)8-5-10(13)14-6-9(8)18(20)21/h3-7H,1-2H3,(H,16,19). The number of amides is 1. The van der Waals surface area contributed by atoms with E-state index < -0.39 is 16.5 Å². The lowest BCUT2D eigenvalue weighted by atomic mass is 10.2. The maximum Gasteiger partial charge on any atom is 0.300 e. The highest BCUT2D eigenvalue weighted by molar-refractivity contribution is 6.30. The van der Waals surface area contributed by atoms with Gasteiger partial charge in [0.2, 0.25) is 0 Å². The van der Waals surface area contributed by atoms with Gasteiger partial charge in [0.25, 0.3) is 11.6 Å². The largest absolute Gasteiger partial charge is 0.307 e. The third-order valence-corrected chi connectivity index (χ3v) is 2.90. The molecule has 21 heavy (non-hydrogen) atoms. The van der Waals surface area contributed by atoms with E-state index in [1.165, 1.54) is 6.20 Å². The zero-order valence-corrected chi connectivity index (χ0v) is 12.0. The van der Waals surface area contributed by atoms with Gasteiger partial charge in [0.1, 0.15) is 22.7 Å². The van der Waals surface area contributed by atoms with Gasteiger partial charge in [0, 0.05) is 12.1 Å². The molecule has 0 atom stereocenters. The van der Waals surface area contributed by atoms with Crippen LogP contribution in [0.3, 0.4) is 0 Å². The van der Waals surface area contributed by atoms with Crippen molar-refractivity contribution in [2.45, 2.75) is 19.9 Å². The molecule has 0 bridgehead atoms. The summed E-state index contributed by atoms with van der Waals surface area (Å²) in [7, 11) is 0. The third kappa shape index (κ3) is 3.16. The van der Waals surface area contributed by atoms with Crippen molar-refractivity contribution in [1.29, 1.82) is 0 Å². The lowest BCUT2D eigenvalue weighted by Gasteiger charge is -2.11. The van der Waals surface area contributed by atoms with Crippen molar-refractivity contribution >= 4 is 29.0 Å². The molecule has 0 aliphatic rings. The summed E-state index contributed by atoms with van der Waals surface area (Å²) < 4.78 is 1.59. The highest BCUT2D eigenvalue weighted by atomic mass is 35.5. The Morgan fingerprint density at radius 2 is 2.24 bits per heavy atom. The molecule has 0 fully saturated rings. The van der Waals surface area contributed by atoms with E-state index in [9.17, 15) is 14.9 Å². The van der Waals surface area contributed by atoms with E-state index in [1.54, 1.807) is 10.7 Å². The van der Waals surface area contributed by atoms with Gasteiger partial charge in [-0.1, -0.05) is 11.6 Å². The topological polar surface area (TPSA) is 103 Å². The van der Waals surface area contributed by atoms with Crippen molar-refractivity contribution in [1.82, 2.24) is 14.8 Å². The van der Waals surface area contributed by atoms with Gasteiger partial charge in [0.05, 0.1) is 11.1 Å². The molecule has 0 radical (unpaired) electrons. The number of hydrogen-bond acceptors (Lipinski definition) is 5. The maximum absolute atomic E-state index is 12.2. The SMILES string of the molecule is CC(C)n1nccc1NC(=O)c1cc(Cl)ncc1[N+](=O)[O-]. The van der Waals surface area contributed by atoms with Gasteiger partial charge in [0.15, 0.2) is 0 Å². The Morgan fingerprint density at radius 3 is 2.86 bits per heavy atom. The highest BCUT2D eigenvalue weighted by Gasteiger charge is 2.22. The van der Waals surface area contributed by atoms with E-state index in [4.69, 9.17) is 11.6 Å². The Balaban J connectivity index is 2.34. The van der Waals surface area contributed by atoms with Crippen molar-refractivity contribution in [3.8, 4) is 0 Å². The first-order chi connectivity index (χ1) is 9.90. The molecule has 9 heteroatoms. The molecule has 2 aromatic heterocycles. The number of hydrogen-bond donors (Lipinski definition) is 1. The summed E-state index contributed by atoms with van der Waals surface area (Å²) in [6, 6.07) is 2.80. The first kappa shape index (κ1) is 14.9. The second-order valence-corrected chi connectivity index (χ2v) is 4.88. The zero-order chi connectivity index (χ0) is 15.6. The van der Waals surface area contributed by atoms with Crippen LogP contribution in [0.1, 0.15) is 30.2 Å². The summed E-state index contributed by atoms with van der Waals surface area (Å²) in [6.45, 7) is 3.79. The van der Waals surface area contributed by atoms with E-state index in [0.29, 0.717) is 5.82 Å². The number of carbonyl (C=O) groups excluding carboxylic acids is 1. The number of aromatic nitrogens is 3. The second-order valence-electron chi connectivity index (χ2n) is 4.49. The highest BCUT2D eigenvalue weighted by Crippen LogP contribution is 2.22.